The van der Waals surface area contributed by atoms with Gasteiger partial charge in [0.15, 0.2) is 0 Å². The second-order valence-electron chi connectivity index (χ2n) is 5.19. The van der Waals surface area contributed by atoms with Gasteiger partial charge in [0.1, 0.15) is 16.7 Å². The van der Waals surface area contributed by atoms with Gasteiger partial charge in [-0.2, -0.15) is 0 Å². The molecular formula is C14H20N2O4S. The van der Waals surface area contributed by atoms with Crippen LogP contribution in [0.2, 0.25) is 0 Å². The standard InChI is InChI=1S/C9H10N2O2S.C5H10O2/c12-4-8(13)7-5-14-9(11-7)6-2-1-3-10-6;1-5(2,3)7-4-6/h1-3,5,8,10,12-13H,4H2;4H,1-3H3. The van der Waals surface area contributed by atoms with Gasteiger partial charge in [-0.25, -0.2) is 4.98 Å². The Kier molecular flexibility index (Phi) is 6.54. The van der Waals surface area contributed by atoms with Crippen molar-refractivity contribution in [3.8, 4) is 10.7 Å². The molecule has 0 aliphatic carbocycles. The van der Waals surface area contributed by atoms with Crippen LogP contribution in [0.15, 0.2) is 23.7 Å². The van der Waals surface area contributed by atoms with Crippen LogP contribution in [0, 0.1) is 0 Å². The zero-order valence-electron chi connectivity index (χ0n) is 12.2. The second kappa shape index (κ2) is 7.92. The van der Waals surface area contributed by atoms with E-state index in [4.69, 9.17) is 5.11 Å². The molecule has 0 amide bonds. The minimum atomic E-state index is -0.880. The van der Waals surface area contributed by atoms with Gasteiger partial charge in [0, 0.05) is 11.6 Å². The molecule has 6 nitrogen and oxygen atoms in total. The zero-order chi connectivity index (χ0) is 15.9. The maximum Gasteiger partial charge on any atom is 0.293 e. The lowest BCUT2D eigenvalue weighted by Gasteiger charge is -2.14. The summed E-state index contributed by atoms with van der Waals surface area (Å²) < 4.78 is 4.55. The Morgan fingerprint density at radius 1 is 1.52 bits per heavy atom. The summed E-state index contributed by atoms with van der Waals surface area (Å²) in [6.07, 6.45) is 0.939. The van der Waals surface area contributed by atoms with Crippen LogP contribution in [0.3, 0.4) is 0 Å². The van der Waals surface area contributed by atoms with E-state index in [0.717, 1.165) is 10.7 Å². The number of aliphatic hydroxyl groups is 2. The summed E-state index contributed by atoms with van der Waals surface area (Å²) in [6, 6.07) is 3.80. The van der Waals surface area contributed by atoms with Gasteiger partial charge in [-0.1, -0.05) is 0 Å². The molecule has 0 aliphatic rings. The number of ether oxygens (including phenoxy) is 1. The molecule has 0 spiro atoms. The molecule has 0 bridgehead atoms. The highest BCUT2D eigenvalue weighted by Crippen LogP contribution is 2.24. The van der Waals surface area contributed by atoms with Crippen LogP contribution in [-0.4, -0.2) is 38.9 Å². The van der Waals surface area contributed by atoms with Gasteiger partial charge in [-0.05, 0) is 32.9 Å². The highest BCUT2D eigenvalue weighted by molar-refractivity contribution is 7.13. The first-order valence-electron chi connectivity index (χ1n) is 6.37. The summed E-state index contributed by atoms with van der Waals surface area (Å²) >= 11 is 1.44. The van der Waals surface area contributed by atoms with Gasteiger partial charge in [-0.15, -0.1) is 11.3 Å². The van der Waals surface area contributed by atoms with Gasteiger partial charge in [0.25, 0.3) is 6.47 Å². The lowest BCUT2D eigenvalue weighted by Crippen LogP contribution is -2.17. The number of nitrogens with zero attached hydrogens (tertiary/aromatic N) is 1. The van der Waals surface area contributed by atoms with Crippen LogP contribution in [-0.2, 0) is 9.53 Å². The van der Waals surface area contributed by atoms with Crippen molar-refractivity contribution in [1.82, 2.24) is 9.97 Å². The molecule has 116 valence electrons. The number of aliphatic hydroxyl groups excluding tert-OH is 2. The molecule has 0 fully saturated rings. The Hall–Kier alpha value is -1.70. The summed E-state index contributed by atoms with van der Waals surface area (Å²) in [5, 5.41) is 20.6. The van der Waals surface area contributed by atoms with Crippen molar-refractivity contribution in [3.05, 3.63) is 29.4 Å². The van der Waals surface area contributed by atoms with Crippen LogP contribution in [0.5, 0.6) is 0 Å². The monoisotopic (exact) mass is 312 g/mol. The van der Waals surface area contributed by atoms with E-state index < -0.39 is 6.10 Å². The number of hydrogen-bond acceptors (Lipinski definition) is 6. The quantitative estimate of drug-likeness (QED) is 0.752. The smallest absolute Gasteiger partial charge is 0.293 e. The van der Waals surface area contributed by atoms with Crippen molar-refractivity contribution < 1.29 is 19.7 Å². The molecule has 0 aliphatic heterocycles. The van der Waals surface area contributed by atoms with Crippen molar-refractivity contribution in [2.75, 3.05) is 6.61 Å². The van der Waals surface area contributed by atoms with Crippen LogP contribution < -0.4 is 0 Å². The number of carbonyl (C=O) groups is 1. The minimum absolute atomic E-state index is 0.298. The normalized spacial score (nSPS) is 12.2. The molecule has 0 saturated carbocycles. The molecule has 2 rings (SSSR count). The van der Waals surface area contributed by atoms with Gasteiger partial charge in [0.05, 0.1) is 18.0 Å². The number of nitrogens with one attached hydrogen (secondary N) is 1. The number of H-pyrrole nitrogens is 1. The Morgan fingerprint density at radius 3 is 2.67 bits per heavy atom. The Morgan fingerprint density at radius 2 is 2.24 bits per heavy atom. The van der Waals surface area contributed by atoms with E-state index in [1.54, 1.807) is 5.38 Å². The van der Waals surface area contributed by atoms with Crippen molar-refractivity contribution in [2.24, 2.45) is 0 Å². The second-order valence-corrected chi connectivity index (χ2v) is 6.04. The first-order valence-corrected chi connectivity index (χ1v) is 7.25. The van der Waals surface area contributed by atoms with Crippen molar-refractivity contribution in [2.45, 2.75) is 32.5 Å². The fourth-order valence-corrected chi connectivity index (χ4v) is 2.12. The summed E-state index contributed by atoms with van der Waals surface area (Å²) in [5.74, 6) is 0. The van der Waals surface area contributed by atoms with Gasteiger partial charge >= 0.3 is 0 Å². The molecule has 1 atom stereocenters. The maximum atomic E-state index is 9.60. The van der Waals surface area contributed by atoms with E-state index in [1.807, 2.05) is 39.1 Å². The van der Waals surface area contributed by atoms with Gasteiger partial charge < -0.3 is 19.9 Å². The van der Waals surface area contributed by atoms with Crippen LogP contribution >= 0.6 is 11.3 Å². The molecule has 1 unspecified atom stereocenters. The third-order valence-corrected chi connectivity index (χ3v) is 3.16. The summed E-state index contributed by atoms with van der Waals surface area (Å²) in [5.41, 5.74) is 1.12. The topological polar surface area (TPSA) is 95.4 Å². The lowest BCUT2D eigenvalue weighted by molar-refractivity contribution is -0.138. The number of aromatic amines is 1. The Bertz CT molecular complexity index is 531. The molecule has 2 heterocycles. The molecule has 7 heteroatoms. The lowest BCUT2D eigenvalue weighted by atomic mass is 10.2. The molecule has 21 heavy (non-hydrogen) atoms. The van der Waals surface area contributed by atoms with E-state index in [-0.39, 0.29) is 12.2 Å². The Labute approximate surface area is 127 Å². The number of aromatic nitrogens is 2. The molecule has 3 N–H and O–H groups in total. The fourth-order valence-electron chi connectivity index (χ4n) is 1.26. The van der Waals surface area contributed by atoms with Crippen molar-refractivity contribution in [3.63, 3.8) is 0 Å². The molecule has 2 aromatic heterocycles. The van der Waals surface area contributed by atoms with Crippen molar-refractivity contribution in [1.29, 1.82) is 0 Å². The third kappa shape index (κ3) is 6.07. The number of rotatable bonds is 4. The van der Waals surface area contributed by atoms with E-state index in [0.29, 0.717) is 12.2 Å². The first-order chi connectivity index (χ1) is 9.87. The predicted molar refractivity (Wildman–Crippen MR) is 80.8 cm³/mol. The van der Waals surface area contributed by atoms with Crippen LogP contribution in [0.1, 0.15) is 32.6 Å². The van der Waals surface area contributed by atoms with Gasteiger partial charge in [-0.3, -0.25) is 4.79 Å². The largest absolute Gasteiger partial charge is 0.462 e. The predicted octanol–water partition coefficient (Wildman–Crippen LogP) is 2.12. The van der Waals surface area contributed by atoms with E-state index >= 15 is 0 Å². The van der Waals surface area contributed by atoms with E-state index in [2.05, 4.69) is 14.7 Å². The highest BCUT2D eigenvalue weighted by atomic mass is 32.1. The summed E-state index contributed by atoms with van der Waals surface area (Å²) in [7, 11) is 0. The maximum absolute atomic E-state index is 9.60. The molecule has 2 aromatic rings. The Balaban J connectivity index is 0.000000270. The van der Waals surface area contributed by atoms with Crippen molar-refractivity contribution >= 4 is 17.8 Å². The zero-order valence-corrected chi connectivity index (χ0v) is 13.1. The number of carbonyl (C=O) groups excluding carboxylic acids is 1. The number of hydrogen-bond donors (Lipinski definition) is 3. The van der Waals surface area contributed by atoms with Crippen LogP contribution in [0.4, 0.5) is 0 Å². The highest BCUT2D eigenvalue weighted by Gasteiger charge is 2.11. The SMILES string of the molecule is CC(C)(C)OC=O.OCC(O)c1csc(-c2ccc[nH]2)n1. The van der Waals surface area contributed by atoms with Crippen LogP contribution in [0.25, 0.3) is 10.7 Å². The summed E-state index contributed by atoms with van der Waals surface area (Å²) in [6.45, 7) is 5.62. The van der Waals surface area contributed by atoms with E-state index in [1.165, 1.54) is 11.3 Å². The molecule has 0 saturated heterocycles. The third-order valence-electron chi connectivity index (χ3n) is 2.27. The average Bonchev–Trinajstić information content (AvgIpc) is 3.07. The molecule has 0 aromatic carbocycles. The molecular weight excluding hydrogens is 292 g/mol. The summed E-state index contributed by atoms with van der Waals surface area (Å²) in [4.78, 5) is 16.8. The average molecular weight is 312 g/mol. The number of thiazole rings is 1. The fraction of sp³-hybridized carbons (Fsp3) is 0.429. The molecule has 0 radical (unpaired) electrons. The van der Waals surface area contributed by atoms with Gasteiger partial charge in [0.2, 0.25) is 0 Å². The minimum Gasteiger partial charge on any atom is -0.462 e. The van der Waals surface area contributed by atoms with E-state index in [9.17, 15) is 9.90 Å². The first kappa shape index (κ1) is 17.4.